The highest BCUT2D eigenvalue weighted by Crippen LogP contribution is 2.23. The van der Waals surface area contributed by atoms with Crippen molar-refractivity contribution in [2.24, 2.45) is 0 Å². The van der Waals surface area contributed by atoms with E-state index in [9.17, 15) is 4.79 Å². The van der Waals surface area contributed by atoms with Gasteiger partial charge in [-0.25, -0.2) is 4.98 Å². The van der Waals surface area contributed by atoms with Crippen molar-refractivity contribution in [3.05, 3.63) is 55.9 Å². The average molecular weight is 337 g/mol. The summed E-state index contributed by atoms with van der Waals surface area (Å²) in [6.45, 7) is 0. The fraction of sp³-hybridized carbons (Fsp3) is 0.286. The third-order valence-electron chi connectivity index (χ3n) is 3.21. The van der Waals surface area contributed by atoms with Gasteiger partial charge in [0.1, 0.15) is 0 Å². The number of aromatic amines is 1. The van der Waals surface area contributed by atoms with Crippen molar-refractivity contribution >= 4 is 27.7 Å². The largest absolute Gasteiger partial charge is 0.301 e. The SMILES string of the molecule is O=c1[nH]c(SCc2ccc(Br)cc2)nc2c1CCC2. The van der Waals surface area contributed by atoms with Gasteiger partial charge in [0, 0.05) is 15.8 Å². The Balaban J connectivity index is 1.75. The summed E-state index contributed by atoms with van der Waals surface area (Å²) in [5.41, 5.74) is 3.13. The number of nitrogens with zero attached hydrogens (tertiary/aromatic N) is 1. The van der Waals surface area contributed by atoms with Crippen molar-refractivity contribution in [2.75, 3.05) is 0 Å². The van der Waals surface area contributed by atoms with Gasteiger partial charge in [-0.3, -0.25) is 4.79 Å². The van der Waals surface area contributed by atoms with Gasteiger partial charge in [0.05, 0.1) is 5.69 Å². The van der Waals surface area contributed by atoms with Crippen molar-refractivity contribution in [3.8, 4) is 0 Å². The number of nitrogens with one attached hydrogen (secondary N) is 1. The summed E-state index contributed by atoms with van der Waals surface area (Å²) in [5.74, 6) is 0.814. The highest BCUT2D eigenvalue weighted by Gasteiger charge is 2.17. The van der Waals surface area contributed by atoms with Crippen LogP contribution < -0.4 is 5.56 Å². The molecular formula is C14H13BrN2OS. The van der Waals surface area contributed by atoms with Gasteiger partial charge in [-0.2, -0.15) is 0 Å². The maximum Gasteiger partial charge on any atom is 0.254 e. The van der Waals surface area contributed by atoms with Gasteiger partial charge >= 0.3 is 0 Å². The predicted octanol–water partition coefficient (Wildman–Crippen LogP) is 3.31. The van der Waals surface area contributed by atoms with Gasteiger partial charge in [0.2, 0.25) is 0 Å². The number of halogens is 1. The van der Waals surface area contributed by atoms with E-state index in [1.54, 1.807) is 11.8 Å². The molecule has 0 saturated heterocycles. The topological polar surface area (TPSA) is 45.8 Å². The number of hydrogen-bond donors (Lipinski definition) is 1. The number of thioether (sulfide) groups is 1. The fourth-order valence-electron chi connectivity index (χ4n) is 2.22. The number of aromatic nitrogens is 2. The minimum Gasteiger partial charge on any atom is -0.301 e. The standard InChI is InChI=1S/C14H13BrN2OS/c15-10-6-4-9(5-7-10)8-19-14-16-12-3-1-2-11(12)13(18)17-14/h4-7H,1-3,8H2,(H,16,17,18). The first-order valence-electron chi connectivity index (χ1n) is 6.22. The molecule has 0 aliphatic heterocycles. The van der Waals surface area contributed by atoms with Crippen LogP contribution in [0.15, 0.2) is 38.7 Å². The molecule has 98 valence electrons. The lowest BCUT2D eigenvalue weighted by atomic mass is 10.2. The Morgan fingerprint density at radius 2 is 2.05 bits per heavy atom. The number of fused-ring (bicyclic) bond motifs is 1. The van der Waals surface area contributed by atoms with E-state index in [-0.39, 0.29) is 5.56 Å². The zero-order valence-electron chi connectivity index (χ0n) is 10.3. The highest BCUT2D eigenvalue weighted by molar-refractivity contribution is 9.10. The quantitative estimate of drug-likeness (QED) is 0.690. The van der Waals surface area contributed by atoms with Crippen LogP contribution in [-0.2, 0) is 18.6 Å². The van der Waals surface area contributed by atoms with Crippen LogP contribution in [-0.4, -0.2) is 9.97 Å². The summed E-state index contributed by atoms with van der Waals surface area (Å²) in [6.07, 6.45) is 2.85. The zero-order chi connectivity index (χ0) is 13.2. The van der Waals surface area contributed by atoms with E-state index < -0.39 is 0 Å². The minimum absolute atomic E-state index is 0.0424. The number of hydrogen-bond acceptors (Lipinski definition) is 3. The van der Waals surface area contributed by atoms with Crippen LogP contribution in [0.25, 0.3) is 0 Å². The Labute approximate surface area is 124 Å². The lowest BCUT2D eigenvalue weighted by molar-refractivity contribution is 0.869. The highest BCUT2D eigenvalue weighted by atomic mass is 79.9. The first kappa shape index (κ1) is 12.9. The van der Waals surface area contributed by atoms with Gasteiger partial charge < -0.3 is 4.98 Å². The molecule has 5 heteroatoms. The van der Waals surface area contributed by atoms with E-state index in [0.29, 0.717) is 0 Å². The summed E-state index contributed by atoms with van der Waals surface area (Å²) in [6, 6.07) is 8.19. The first-order valence-corrected chi connectivity index (χ1v) is 7.99. The van der Waals surface area contributed by atoms with E-state index in [2.05, 4.69) is 38.0 Å². The van der Waals surface area contributed by atoms with Crippen molar-refractivity contribution in [1.82, 2.24) is 9.97 Å². The van der Waals surface area contributed by atoms with E-state index in [1.807, 2.05) is 12.1 Å². The fourth-order valence-corrected chi connectivity index (χ4v) is 3.32. The van der Waals surface area contributed by atoms with Crippen molar-refractivity contribution in [1.29, 1.82) is 0 Å². The first-order chi connectivity index (χ1) is 9.22. The molecule has 19 heavy (non-hydrogen) atoms. The van der Waals surface area contributed by atoms with Crippen LogP contribution >= 0.6 is 27.7 Å². The normalized spacial score (nSPS) is 13.5. The number of H-pyrrole nitrogens is 1. The summed E-state index contributed by atoms with van der Waals surface area (Å²) < 4.78 is 1.07. The molecule has 0 saturated carbocycles. The number of rotatable bonds is 3. The van der Waals surface area contributed by atoms with Crippen LogP contribution in [0.4, 0.5) is 0 Å². The van der Waals surface area contributed by atoms with Gasteiger partial charge in [-0.1, -0.05) is 39.8 Å². The molecule has 0 amide bonds. The predicted molar refractivity (Wildman–Crippen MR) is 80.6 cm³/mol. The van der Waals surface area contributed by atoms with Crippen LogP contribution in [0.3, 0.4) is 0 Å². The molecule has 0 unspecified atom stereocenters. The Kier molecular flexibility index (Phi) is 3.75. The van der Waals surface area contributed by atoms with Crippen LogP contribution in [0.2, 0.25) is 0 Å². The average Bonchev–Trinajstić information content (AvgIpc) is 2.87. The Bertz CT molecular complexity index is 651. The Morgan fingerprint density at radius 1 is 1.26 bits per heavy atom. The molecule has 2 aromatic rings. The molecule has 0 radical (unpaired) electrons. The summed E-state index contributed by atoms with van der Waals surface area (Å²) in [5, 5.41) is 0.730. The third kappa shape index (κ3) is 2.92. The van der Waals surface area contributed by atoms with Gasteiger partial charge in [0.15, 0.2) is 5.16 Å². The molecule has 0 atom stereocenters. The molecule has 3 nitrogen and oxygen atoms in total. The third-order valence-corrected chi connectivity index (χ3v) is 4.68. The minimum atomic E-state index is 0.0424. The molecular weight excluding hydrogens is 324 g/mol. The van der Waals surface area contributed by atoms with Crippen LogP contribution in [0.1, 0.15) is 23.2 Å². The summed E-state index contributed by atoms with van der Waals surface area (Å²) in [7, 11) is 0. The van der Waals surface area contributed by atoms with Gasteiger partial charge in [-0.15, -0.1) is 0 Å². The molecule has 1 aliphatic carbocycles. The lowest BCUT2D eigenvalue weighted by Gasteiger charge is -2.04. The molecule has 1 aliphatic rings. The number of aryl methyl sites for hydroxylation is 1. The lowest BCUT2D eigenvalue weighted by Crippen LogP contribution is -2.14. The maximum absolute atomic E-state index is 11.9. The van der Waals surface area contributed by atoms with E-state index in [4.69, 9.17) is 0 Å². The molecule has 3 rings (SSSR count). The summed E-state index contributed by atoms with van der Waals surface area (Å²) >= 11 is 5.00. The molecule has 1 aromatic carbocycles. The van der Waals surface area contributed by atoms with Crippen LogP contribution in [0, 0.1) is 0 Å². The van der Waals surface area contributed by atoms with Crippen molar-refractivity contribution < 1.29 is 0 Å². The zero-order valence-corrected chi connectivity index (χ0v) is 12.7. The second-order valence-electron chi connectivity index (χ2n) is 4.57. The number of benzene rings is 1. The van der Waals surface area contributed by atoms with E-state index in [0.717, 1.165) is 45.9 Å². The summed E-state index contributed by atoms with van der Waals surface area (Å²) in [4.78, 5) is 19.3. The Morgan fingerprint density at radius 3 is 2.84 bits per heavy atom. The molecule has 0 fully saturated rings. The van der Waals surface area contributed by atoms with Gasteiger partial charge in [0.25, 0.3) is 5.56 Å². The smallest absolute Gasteiger partial charge is 0.254 e. The van der Waals surface area contributed by atoms with E-state index in [1.165, 1.54) is 5.56 Å². The maximum atomic E-state index is 11.9. The van der Waals surface area contributed by atoms with Crippen LogP contribution in [0.5, 0.6) is 0 Å². The van der Waals surface area contributed by atoms with Crippen molar-refractivity contribution in [2.45, 2.75) is 30.2 Å². The molecule has 1 aromatic heterocycles. The monoisotopic (exact) mass is 336 g/mol. The molecule has 0 spiro atoms. The molecule has 1 heterocycles. The molecule has 1 N–H and O–H groups in total. The second kappa shape index (κ2) is 5.51. The van der Waals surface area contributed by atoms with E-state index >= 15 is 0 Å². The molecule has 0 bridgehead atoms. The van der Waals surface area contributed by atoms with Crippen molar-refractivity contribution in [3.63, 3.8) is 0 Å². The van der Waals surface area contributed by atoms with Gasteiger partial charge in [-0.05, 0) is 37.0 Å². The Hall–Kier alpha value is -1.07. The second-order valence-corrected chi connectivity index (χ2v) is 6.44.